The highest BCUT2D eigenvalue weighted by molar-refractivity contribution is 7.14. The van der Waals surface area contributed by atoms with Crippen molar-refractivity contribution in [3.63, 3.8) is 0 Å². The van der Waals surface area contributed by atoms with Gasteiger partial charge in [-0.3, -0.25) is 10.1 Å². The first-order valence-corrected chi connectivity index (χ1v) is 9.62. The molecule has 0 spiro atoms. The summed E-state index contributed by atoms with van der Waals surface area (Å²) in [6.45, 7) is 5.85. The Kier molecular flexibility index (Phi) is 4.75. The molecule has 0 aliphatic heterocycles. The number of nitrogens with one attached hydrogen (secondary N) is 1. The number of benzene rings is 2. The summed E-state index contributed by atoms with van der Waals surface area (Å²) in [4.78, 5) is 17.2. The lowest BCUT2D eigenvalue weighted by molar-refractivity contribution is 0.102. The van der Waals surface area contributed by atoms with Gasteiger partial charge < -0.3 is 4.42 Å². The van der Waals surface area contributed by atoms with E-state index in [2.05, 4.69) is 52.5 Å². The fraction of sp³-hybridized carbons (Fsp3) is 0.143. The van der Waals surface area contributed by atoms with Crippen LogP contribution in [-0.2, 0) is 0 Å². The van der Waals surface area contributed by atoms with Crippen molar-refractivity contribution in [3.05, 3.63) is 70.4 Å². The van der Waals surface area contributed by atoms with Gasteiger partial charge in [0.15, 0.2) is 5.13 Å². The lowest BCUT2D eigenvalue weighted by Gasteiger charge is -2.04. The number of carbonyl (C=O) groups is 1. The minimum atomic E-state index is -0.236. The van der Waals surface area contributed by atoms with Gasteiger partial charge in [-0.25, -0.2) is 4.98 Å². The summed E-state index contributed by atoms with van der Waals surface area (Å²) in [6, 6.07) is 13.3. The van der Waals surface area contributed by atoms with Gasteiger partial charge in [-0.05, 0) is 37.6 Å². The quantitative estimate of drug-likeness (QED) is 0.528. The highest BCUT2D eigenvalue weighted by Gasteiger charge is 2.13. The molecular weight excluding hydrogens is 372 g/mol. The molecule has 1 N–H and O–H groups in total. The van der Waals surface area contributed by atoms with Gasteiger partial charge in [-0.1, -0.05) is 29.8 Å². The Labute approximate surface area is 166 Å². The normalized spacial score (nSPS) is 10.8. The molecule has 2 heterocycles. The maximum absolute atomic E-state index is 12.6. The fourth-order valence-corrected chi connectivity index (χ4v) is 3.64. The summed E-state index contributed by atoms with van der Waals surface area (Å²) in [5.41, 5.74) is 5.48. The Morgan fingerprint density at radius 1 is 1.07 bits per heavy atom. The number of carbonyl (C=O) groups excluding carboxylic acids is 1. The van der Waals surface area contributed by atoms with Crippen LogP contribution >= 0.6 is 11.3 Å². The minimum absolute atomic E-state index is 0.236. The number of aromatic nitrogens is 3. The number of rotatable bonds is 4. The van der Waals surface area contributed by atoms with Crippen LogP contribution in [0, 0.1) is 20.8 Å². The topological polar surface area (TPSA) is 80.9 Å². The first-order chi connectivity index (χ1) is 13.5. The van der Waals surface area contributed by atoms with Crippen molar-refractivity contribution in [2.45, 2.75) is 20.8 Å². The van der Waals surface area contributed by atoms with Gasteiger partial charge in [0.2, 0.25) is 11.8 Å². The van der Waals surface area contributed by atoms with Crippen LogP contribution in [0.5, 0.6) is 0 Å². The largest absolute Gasteiger partial charge is 0.421 e. The Hall–Kier alpha value is -3.32. The highest BCUT2D eigenvalue weighted by atomic mass is 32.1. The van der Waals surface area contributed by atoms with Crippen molar-refractivity contribution in [1.82, 2.24) is 15.2 Å². The Morgan fingerprint density at radius 2 is 1.93 bits per heavy atom. The SMILES string of the molecule is Cc1ccc(-c2csc(NC(=O)c3cccc(-c4nnc(C)o4)c3)n2)c(C)c1. The molecule has 0 saturated heterocycles. The molecule has 0 saturated carbocycles. The second kappa shape index (κ2) is 7.36. The lowest BCUT2D eigenvalue weighted by Crippen LogP contribution is -2.11. The smallest absolute Gasteiger partial charge is 0.257 e. The van der Waals surface area contributed by atoms with E-state index in [1.54, 1.807) is 25.1 Å². The second-order valence-electron chi connectivity index (χ2n) is 6.52. The van der Waals surface area contributed by atoms with Crippen LogP contribution in [0.2, 0.25) is 0 Å². The minimum Gasteiger partial charge on any atom is -0.421 e. The standard InChI is InChI=1S/C21H18N4O2S/c1-12-7-8-17(13(2)9-12)18-11-28-21(22-18)23-19(26)15-5-4-6-16(10-15)20-25-24-14(3)27-20/h4-11H,1-3H3,(H,22,23,26). The summed E-state index contributed by atoms with van der Waals surface area (Å²) < 4.78 is 5.43. The molecule has 28 heavy (non-hydrogen) atoms. The van der Waals surface area contributed by atoms with Gasteiger partial charge in [-0.15, -0.1) is 21.5 Å². The van der Waals surface area contributed by atoms with Crippen LogP contribution in [-0.4, -0.2) is 21.1 Å². The monoisotopic (exact) mass is 390 g/mol. The summed E-state index contributed by atoms with van der Waals surface area (Å²) >= 11 is 1.40. The van der Waals surface area contributed by atoms with E-state index in [0.29, 0.717) is 28.0 Å². The number of amides is 1. The molecule has 6 nitrogen and oxygen atoms in total. The van der Waals surface area contributed by atoms with Crippen LogP contribution in [0.1, 0.15) is 27.4 Å². The van der Waals surface area contributed by atoms with Gasteiger partial charge >= 0.3 is 0 Å². The summed E-state index contributed by atoms with van der Waals surface area (Å²) in [5.74, 6) is 0.629. The van der Waals surface area contributed by atoms with Crippen molar-refractivity contribution in [2.75, 3.05) is 5.32 Å². The van der Waals surface area contributed by atoms with Crippen LogP contribution < -0.4 is 5.32 Å². The van der Waals surface area contributed by atoms with Gasteiger partial charge in [0.05, 0.1) is 5.69 Å². The highest BCUT2D eigenvalue weighted by Crippen LogP contribution is 2.28. The maximum atomic E-state index is 12.6. The van der Waals surface area contributed by atoms with Crippen molar-refractivity contribution in [2.24, 2.45) is 0 Å². The molecule has 0 radical (unpaired) electrons. The third-order valence-electron chi connectivity index (χ3n) is 4.28. The number of nitrogens with zero attached hydrogens (tertiary/aromatic N) is 3. The Morgan fingerprint density at radius 3 is 2.68 bits per heavy atom. The van der Waals surface area contributed by atoms with Gasteiger partial charge in [0.25, 0.3) is 5.91 Å². The van der Waals surface area contributed by atoms with Crippen LogP contribution in [0.15, 0.2) is 52.3 Å². The Balaban J connectivity index is 1.54. The van der Waals surface area contributed by atoms with Crippen molar-refractivity contribution in [3.8, 4) is 22.7 Å². The third kappa shape index (κ3) is 3.70. The van der Waals surface area contributed by atoms with Gasteiger partial charge in [0, 0.05) is 29.0 Å². The molecule has 0 atom stereocenters. The van der Waals surface area contributed by atoms with Crippen LogP contribution in [0.3, 0.4) is 0 Å². The molecule has 0 aliphatic carbocycles. The molecule has 7 heteroatoms. The van der Waals surface area contributed by atoms with E-state index >= 15 is 0 Å². The maximum Gasteiger partial charge on any atom is 0.257 e. The first kappa shape index (κ1) is 18.1. The zero-order chi connectivity index (χ0) is 19.7. The zero-order valence-electron chi connectivity index (χ0n) is 15.7. The van der Waals surface area contributed by atoms with E-state index < -0.39 is 0 Å². The van der Waals surface area contributed by atoms with Gasteiger partial charge in [0.1, 0.15) is 0 Å². The van der Waals surface area contributed by atoms with Crippen LogP contribution in [0.4, 0.5) is 5.13 Å². The average Bonchev–Trinajstić information content (AvgIpc) is 3.31. The van der Waals surface area contributed by atoms with E-state index in [4.69, 9.17) is 4.42 Å². The predicted molar refractivity (Wildman–Crippen MR) is 109 cm³/mol. The number of anilines is 1. The third-order valence-corrected chi connectivity index (χ3v) is 5.04. The van der Waals surface area contributed by atoms with E-state index in [0.717, 1.165) is 16.8 Å². The molecule has 4 rings (SSSR count). The summed E-state index contributed by atoms with van der Waals surface area (Å²) in [5, 5.41) is 13.2. The molecule has 0 fully saturated rings. The fourth-order valence-electron chi connectivity index (χ4n) is 2.93. The zero-order valence-corrected chi connectivity index (χ0v) is 16.5. The van der Waals surface area contributed by atoms with E-state index in [1.165, 1.54) is 16.9 Å². The van der Waals surface area contributed by atoms with Crippen molar-refractivity contribution >= 4 is 22.4 Å². The molecule has 4 aromatic rings. The number of aryl methyl sites for hydroxylation is 3. The van der Waals surface area contributed by atoms with Gasteiger partial charge in [-0.2, -0.15) is 0 Å². The average molecular weight is 390 g/mol. The van der Waals surface area contributed by atoms with Crippen molar-refractivity contribution in [1.29, 1.82) is 0 Å². The number of thiazole rings is 1. The van der Waals surface area contributed by atoms with Crippen LogP contribution in [0.25, 0.3) is 22.7 Å². The molecule has 0 unspecified atom stereocenters. The molecule has 140 valence electrons. The Bertz CT molecular complexity index is 1160. The molecule has 0 bridgehead atoms. The molecule has 2 aromatic carbocycles. The van der Waals surface area contributed by atoms with E-state index in [1.807, 2.05) is 11.4 Å². The first-order valence-electron chi connectivity index (χ1n) is 8.74. The molecular formula is C21H18N4O2S. The molecule has 0 aliphatic rings. The summed E-state index contributed by atoms with van der Waals surface area (Å²) in [6.07, 6.45) is 0. The van der Waals surface area contributed by atoms with E-state index in [-0.39, 0.29) is 5.91 Å². The second-order valence-corrected chi connectivity index (χ2v) is 7.38. The molecule has 2 aromatic heterocycles. The van der Waals surface area contributed by atoms with E-state index in [9.17, 15) is 4.79 Å². The number of hydrogen-bond donors (Lipinski definition) is 1. The lowest BCUT2D eigenvalue weighted by atomic mass is 10.0. The van der Waals surface area contributed by atoms with Crippen molar-refractivity contribution < 1.29 is 9.21 Å². The number of hydrogen-bond acceptors (Lipinski definition) is 6. The predicted octanol–water partition coefficient (Wildman–Crippen LogP) is 5.04. The summed E-state index contributed by atoms with van der Waals surface area (Å²) in [7, 11) is 0. The molecule has 1 amide bonds.